The molecule has 0 bridgehead atoms. The van der Waals surface area contributed by atoms with Crippen molar-refractivity contribution < 1.29 is 14.3 Å². The average molecular weight is 327 g/mol. The lowest BCUT2D eigenvalue weighted by atomic mass is 9.58. The minimum atomic E-state index is -1.94. The van der Waals surface area contributed by atoms with Gasteiger partial charge in [-0.05, 0) is 36.4 Å². The molecule has 1 aliphatic rings. The summed E-state index contributed by atoms with van der Waals surface area (Å²) in [4.78, 5) is 11.5. The molecule has 0 amide bonds. The van der Waals surface area contributed by atoms with Gasteiger partial charge in [0.15, 0.2) is 8.32 Å². The largest absolute Gasteiger partial charge is 0.481 e. The van der Waals surface area contributed by atoms with Gasteiger partial charge in [0.2, 0.25) is 0 Å². The number of aliphatic carboxylic acids is 1. The van der Waals surface area contributed by atoms with Gasteiger partial charge in [0.25, 0.3) is 0 Å². The molecule has 22 heavy (non-hydrogen) atoms. The van der Waals surface area contributed by atoms with E-state index in [-0.39, 0.29) is 23.0 Å². The van der Waals surface area contributed by atoms with Crippen molar-refractivity contribution in [3.05, 3.63) is 12.2 Å². The highest BCUT2D eigenvalue weighted by atomic mass is 28.4. The molecule has 0 aromatic rings. The van der Waals surface area contributed by atoms with Gasteiger partial charge in [-0.15, -0.1) is 0 Å². The van der Waals surface area contributed by atoms with E-state index in [4.69, 9.17) is 4.43 Å². The molecule has 1 saturated carbocycles. The van der Waals surface area contributed by atoms with Gasteiger partial charge < -0.3 is 9.53 Å². The molecule has 4 heteroatoms. The van der Waals surface area contributed by atoms with Crippen LogP contribution in [0, 0.1) is 10.8 Å². The summed E-state index contributed by atoms with van der Waals surface area (Å²) in [5.41, 5.74) is 0.498. The third kappa shape index (κ3) is 3.65. The smallest absolute Gasteiger partial charge is 0.304 e. The van der Waals surface area contributed by atoms with E-state index in [9.17, 15) is 9.90 Å². The number of hydrogen-bond acceptors (Lipinski definition) is 2. The summed E-state index contributed by atoms with van der Waals surface area (Å²) in [5.74, 6) is -0.773. The second-order valence-corrected chi connectivity index (χ2v) is 14.0. The molecule has 3 nitrogen and oxygen atoms in total. The van der Waals surface area contributed by atoms with Gasteiger partial charge in [-0.1, -0.05) is 53.7 Å². The van der Waals surface area contributed by atoms with Crippen molar-refractivity contribution in [1.82, 2.24) is 0 Å². The Morgan fingerprint density at radius 2 is 1.86 bits per heavy atom. The maximum absolute atomic E-state index is 11.5. The highest BCUT2D eigenvalue weighted by molar-refractivity contribution is 6.74. The molecule has 0 radical (unpaired) electrons. The zero-order chi connectivity index (χ0) is 17.6. The Bertz CT molecular complexity index is 459. The molecular weight excluding hydrogens is 292 g/mol. The number of carboxylic acids is 1. The molecule has 0 aliphatic heterocycles. The first-order valence-corrected chi connectivity index (χ1v) is 11.1. The van der Waals surface area contributed by atoms with Crippen molar-refractivity contribution in [2.24, 2.45) is 10.8 Å². The lowest BCUT2D eigenvalue weighted by molar-refractivity contribution is -0.141. The Kier molecular flexibility index (Phi) is 5.11. The van der Waals surface area contributed by atoms with Gasteiger partial charge >= 0.3 is 5.97 Å². The highest BCUT2D eigenvalue weighted by Gasteiger charge is 2.51. The fourth-order valence-corrected chi connectivity index (χ4v) is 4.63. The first-order chi connectivity index (χ1) is 9.63. The molecule has 0 aromatic heterocycles. The first-order valence-electron chi connectivity index (χ1n) is 8.23. The van der Waals surface area contributed by atoms with Crippen LogP contribution in [-0.2, 0) is 9.22 Å². The molecule has 0 spiro atoms. The van der Waals surface area contributed by atoms with Crippen LogP contribution in [0.3, 0.4) is 0 Å². The van der Waals surface area contributed by atoms with Gasteiger partial charge in [-0.2, -0.15) is 0 Å². The van der Waals surface area contributed by atoms with Crippen molar-refractivity contribution in [2.75, 3.05) is 0 Å². The summed E-state index contributed by atoms with van der Waals surface area (Å²) < 4.78 is 6.64. The van der Waals surface area contributed by atoms with E-state index in [1.165, 1.54) is 0 Å². The zero-order valence-corrected chi connectivity index (χ0v) is 16.7. The second kappa shape index (κ2) is 5.79. The third-order valence-electron chi connectivity index (χ3n) is 6.01. The maximum atomic E-state index is 11.5. The Hall–Kier alpha value is -0.613. The van der Waals surface area contributed by atoms with Crippen molar-refractivity contribution in [3.8, 4) is 0 Å². The standard InChI is InChI=1S/C18H34O3Si/c1-13-17(5,6)11-10-14(18(13,7)12-15(19)20)21-22(8,9)16(2,3)4/h14H,1,10-12H2,2-9H3,(H,19,20)/t14-,18-/m1/s1. The highest BCUT2D eigenvalue weighted by Crippen LogP contribution is 2.54. The van der Waals surface area contributed by atoms with E-state index in [0.717, 1.165) is 18.4 Å². The van der Waals surface area contributed by atoms with Crippen LogP contribution in [0.5, 0.6) is 0 Å². The van der Waals surface area contributed by atoms with Crippen LogP contribution in [0.1, 0.15) is 60.8 Å². The van der Waals surface area contributed by atoms with Crippen LogP contribution in [0.15, 0.2) is 12.2 Å². The predicted octanol–water partition coefficient (Wildman–Crippen LogP) is 5.23. The van der Waals surface area contributed by atoms with Crippen LogP contribution < -0.4 is 0 Å². The lowest BCUT2D eigenvalue weighted by Crippen LogP contribution is -2.53. The molecule has 128 valence electrons. The Labute approximate surface area is 137 Å². The quantitative estimate of drug-likeness (QED) is 0.568. The van der Waals surface area contributed by atoms with Crippen LogP contribution in [0.2, 0.25) is 18.1 Å². The molecule has 0 unspecified atom stereocenters. The topological polar surface area (TPSA) is 46.5 Å². The van der Waals surface area contributed by atoms with E-state index in [0.29, 0.717) is 0 Å². The molecule has 1 aliphatic carbocycles. The van der Waals surface area contributed by atoms with Crippen molar-refractivity contribution in [2.45, 2.75) is 85.0 Å². The van der Waals surface area contributed by atoms with Crippen LogP contribution in [0.25, 0.3) is 0 Å². The molecule has 0 aromatic carbocycles. The normalized spacial score (nSPS) is 29.5. The van der Waals surface area contributed by atoms with Gasteiger partial charge in [0.1, 0.15) is 0 Å². The van der Waals surface area contributed by atoms with E-state index in [1.54, 1.807) is 0 Å². The van der Waals surface area contributed by atoms with E-state index in [1.807, 2.05) is 6.92 Å². The van der Waals surface area contributed by atoms with Crippen LogP contribution in [0.4, 0.5) is 0 Å². The van der Waals surface area contributed by atoms with Crippen LogP contribution >= 0.6 is 0 Å². The summed E-state index contributed by atoms with van der Waals surface area (Å²) in [5, 5.41) is 9.53. The number of hydrogen-bond donors (Lipinski definition) is 1. The maximum Gasteiger partial charge on any atom is 0.304 e. The number of carboxylic acid groups (broad SMARTS) is 1. The monoisotopic (exact) mass is 326 g/mol. The second-order valence-electron chi connectivity index (χ2n) is 9.26. The lowest BCUT2D eigenvalue weighted by Gasteiger charge is -2.53. The molecule has 2 atom stereocenters. The summed E-state index contributed by atoms with van der Waals surface area (Å²) in [7, 11) is -1.94. The minimum Gasteiger partial charge on any atom is -0.481 e. The van der Waals surface area contributed by atoms with Gasteiger partial charge in [-0.3, -0.25) is 4.79 Å². The van der Waals surface area contributed by atoms with Crippen molar-refractivity contribution in [1.29, 1.82) is 0 Å². The average Bonchev–Trinajstić information content (AvgIpc) is 2.29. The molecule has 0 heterocycles. The van der Waals surface area contributed by atoms with Crippen LogP contribution in [-0.4, -0.2) is 25.5 Å². The van der Waals surface area contributed by atoms with Gasteiger partial charge in [0, 0.05) is 5.41 Å². The molecule has 0 saturated heterocycles. The summed E-state index contributed by atoms with van der Waals surface area (Å²) in [6.45, 7) is 21.8. The first kappa shape index (κ1) is 19.4. The van der Waals surface area contributed by atoms with E-state index in [2.05, 4.69) is 54.3 Å². The fraction of sp³-hybridized carbons (Fsp3) is 0.833. The van der Waals surface area contributed by atoms with Crippen molar-refractivity contribution in [3.63, 3.8) is 0 Å². The predicted molar refractivity (Wildman–Crippen MR) is 94.6 cm³/mol. The summed E-state index contributed by atoms with van der Waals surface area (Å²) in [6, 6.07) is 0. The van der Waals surface area contributed by atoms with Gasteiger partial charge in [0.05, 0.1) is 12.5 Å². The Morgan fingerprint density at radius 1 is 1.36 bits per heavy atom. The summed E-state index contributed by atoms with van der Waals surface area (Å²) >= 11 is 0. The molecular formula is C18H34O3Si. The number of rotatable bonds is 4. The Balaban J connectivity index is 3.17. The molecule has 1 fully saturated rings. The van der Waals surface area contributed by atoms with Crippen molar-refractivity contribution >= 4 is 14.3 Å². The minimum absolute atomic E-state index is 0.0303. The third-order valence-corrected chi connectivity index (χ3v) is 10.5. The summed E-state index contributed by atoms with van der Waals surface area (Å²) in [6.07, 6.45) is 1.95. The van der Waals surface area contributed by atoms with E-state index >= 15 is 0 Å². The Morgan fingerprint density at radius 3 is 2.27 bits per heavy atom. The van der Waals surface area contributed by atoms with E-state index < -0.39 is 19.7 Å². The molecule has 1 N–H and O–H groups in total. The fourth-order valence-electron chi connectivity index (χ4n) is 3.18. The van der Waals surface area contributed by atoms with Gasteiger partial charge in [-0.25, -0.2) is 0 Å². The molecule has 1 rings (SSSR count). The zero-order valence-electron chi connectivity index (χ0n) is 15.7. The number of carbonyl (C=O) groups is 1. The SMILES string of the molecule is C=C1C(C)(C)CC[C@@H](O[Si](C)(C)C(C)(C)C)[C@]1(C)CC(=O)O.